The van der Waals surface area contributed by atoms with Crippen LogP contribution < -0.4 is 0 Å². The average molecular weight is 316 g/mol. The molecule has 20 heavy (non-hydrogen) atoms. The SMILES string of the molecule is CCN(CC)C1(C(O)c2cc(Cl)ccc2Cl)CCCC1. The first-order valence-corrected chi connectivity index (χ1v) is 8.18. The summed E-state index contributed by atoms with van der Waals surface area (Å²) >= 11 is 12.4. The van der Waals surface area contributed by atoms with Gasteiger partial charge in [0.25, 0.3) is 0 Å². The van der Waals surface area contributed by atoms with Crippen LogP contribution in [0.15, 0.2) is 18.2 Å². The van der Waals surface area contributed by atoms with E-state index in [1.54, 1.807) is 18.2 Å². The van der Waals surface area contributed by atoms with E-state index in [1.807, 2.05) is 0 Å². The quantitative estimate of drug-likeness (QED) is 0.852. The summed E-state index contributed by atoms with van der Waals surface area (Å²) < 4.78 is 0. The molecule has 0 saturated heterocycles. The molecule has 1 saturated carbocycles. The van der Waals surface area contributed by atoms with Crippen molar-refractivity contribution in [3.63, 3.8) is 0 Å². The molecule has 4 heteroatoms. The predicted octanol–water partition coefficient (Wildman–Crippen LogP) is 4.68. The first kappa shape index (κ1) is 16.1. The van der Waals surface area contributed by atoms with Gasteiger partial charge in [-0.05, 0) is 44.1 Å². The zero-order valence-electron chi connectivity index (χ0n) is 12.2. The monoisotopic (exact) mass is 315 g/mol. The second-order valence-electron chi connectivity index (χ2n) is 5.55. The van der Waals surface area contributed by atoms with Gasteiger partial charge in [-0.3, -0.25) is 4.90 Å². The van der Waals surface area contributed by atoms with Gasteiger partial charge in [0.15, 0.2) is 0 Å². The van der Waals surface area contributed by atoms with Crippen molar-refractivity contribution >= 4 is 23.2 Å². The molecule has 1 atom stereocenters. The van der Waals surface area contributed by atoms with Crippen LogP contribution in [0.2, 0.25) is 10.0 Å². The fourth-order valence-corrected chi connectivity index (χ4v) is 4.02. The normalized spacial score (nSPS) is 19.5. The lowest BCUT2D eigenvalue weighted by atomic mass is 9.84. The maximum absolute atomic E-state index is 11.0. The van der Waals surface area contributed by atoms with Crippen LogP contribution in [0.25, 0.3) is 0 Å². The van der Waals surface area contributed by atoms with Gasteiger partial charge in [-0.15, -0.1) is 0 Å². The number of hydrogen-bond donors (Lipinski definition) is 1. The van der Waals surface area contributed by atoms with Gasteiger partial charge in [0, 0.05) is 15.6 Å². The summed E-state index contributed by atoms with van der Waals surface area (Å²) in [6.45, 7) is 6.17. The van der Waals surface area contributed by atoms with Crippen molar-refractivity contribution in [2.75, 3.05) is 13.1 Å². The highest BCUT2D eigenvalue weighted by molar-refractivity contribution is 6.33. The third-order valence-corrected chi connectivity index (χ3v) is 5.20. The molecule has 0 aliphatic heterocycles. The first-order valence-electron chi connectivity index (χ1n) is 7.43. The average Bonchev–Trinajstić information content (AvgIpc) is 2.93. The van der Waals surface area contributed by atoms with Crippen LogP contribution >= 0.6 is 23.2 Å². The lowest BCUT2D eigenvalue weighted by Crippen LogP contribution is -2.51. The zero-order valence-corrected chi connectivity index (χ0v) is 13.7. The largest absolute Gasteiger partial charge is 0.386 e. The van der Waals surface area contributed by atoms with Crippen LogP contribution in [0.1, 0.15) is 51.2 Å². The third-order valence-electron chi connectivity index (χ3n) is 4.62. The van der Waals surface area contributed by atoms with E-state index in [2.05, 4.69) is 18.7 Å². The molecule has 0 amide bonds. The fourth-order valence-electron chi connectivity index (χ4n) is 3.62. The van der Waals surface area contributed by atoms with Crippen molar-refractivity contribution in [1.29, 1.82) is 0 Å². The van der Waals surface area contributed by atoms with Gasteiger partial charge in [-0.2, -0.15) is 0 Å². The van der Waals surface area contributed by atoms with Crippen molar-refractivity contribution in [3.8, 4) is 0 Å². The van der Waals surface area contributed by atoms with Gasteiger partial charge in [0.2, 0.25) is 0 Å². The minimum Gasteiger partial charge on any atom is -0.386 e. The molecule has 0 heterocycles. The number of likely N-dealkylation sites (N-methyl/N-ethyl adjacent to an activating group) is 1. The molecule has 2 rings (SSSR count). The van der Waals surface area contributed by atoms with Crippen LogP contribution in [0, 0.1) is 0 Å². The van der Waals surface area contributed by atoms with Crippen molar-refractivity contribution in [2.24, 2.45) is 0 Å². The molecular weight excluding hydrogens is 293 g/mol. The Kier molecular flexibility index (Phi) is 5.36. The van der Waals surface area contributed by atoms with Crippen LogP contribution in [0.5, 0.6) is 0 Å². The third kappa shape index (κ3) is 2.85. The highest BCUT2D eigenvalue weighted by atomic mass is 35.5. The van der Waals surface area contributed by atoms with Gasteiger partial charge in [0.1, 0.15) is 0 Å². The zero-order chi connectivity index (χ0) is 14.8. The van der Waals surface area contributed by atoms with Crippen LogP contribution in [0.3, 0.4) is 0 Å². The molecule has 1 N–H and O–H groups in total. The van der Waals surface area contributed by atoms with Crippen molar-refractivity contribution in [3.05, 3.63) is 33.8 Å². The molecule has 112 valence electrons. The summed E-state index contributed by atoms with van der Waals surface area (Å²) in [5, 5.41) is 12.2. The van der Waals surface area contributed by atoms with E-state index >= 15 is 0 Å². The molecule has 1 aliphatic rings. The number of hydrogen-bond acceptors (Lipinski definition) is 2. The minimum atomic E-state index is -0.587. The molecule has 1 unspecified atom stereocenters. The van der Waals surface area contributed by atoms with Crippen molar-refractivity contribution in [2.45, 2.75) is 51.2 Å². The van der Waals surface area contributed by atoms with Gasteiger partial charge in [-0.1, -0.05) is 49.9 Å². The Bertz CT molecular complexity index is 454. The Morgan fingerprint density at radius 3 is 2.35 bits per heavy atom. The maximum atomic E-state index is 11.0. The second-order valence-corrected chi connectivity index (χ2v) is 6.39. The maximum Gasteiger partial charge on any atom is 0.0988 e. The summed E-state index contributed by atoms with van der Waals surface area (Å²) in [5.74, 6) is 0. The van der Waals surface area contributed by atoms with Crippen LogP contribution in [-0.4, -0.2) is 28.6 Å². The Labute approximate surface area is 131 Å². The summed E-state index contributed by atoms with van der Waals surface area (Å²) in [6.07, 6.45) is 3.76. The lowest BCUT2D eigenvalue weighted by Gasteiger charge is -2.44. The standard InChI is InChI=1S/C16H23Cl2NO/c1-3-19(4-2)16(9-5-6-10-16)15(20)13-11-12(17)7-8-14(13)18/h7-8,11,15,20H,3-6,9-10H2,1-2H3. The van der Waals surface area contributed by atoms with Gasteiger partial charge in [0.05, 0.1) is 11.6 Å². The molecular formula is C16H23Cl2NO. The number of nitrogens with zero attached hydrogens (tertiary/aromatic N) is 1. The van der Waals surface area contributed by atoms with E-state index in [0.717, 1.165) is 44.3 Å². The molecule has 1 aromatic rings. The number of halogens is 2. The lowest BCUT2D eigenvalue weighted by molar-refractivity contribution is -0.0268. The summed E-state index contributed by atoms with van der Waals surface area (Å²) in [4.78, 5) is 2.38. The molecule has 1 aliphatic carbocycles. The molecule has 2 nitrogen and oxygen atoms in total. The van der Waals surface area contributed by atoms with E-state index in [4.69, 9.17) is 23.2 Å². The molecule has 0 spiro atoms. The molecule has 0 bridgehead atoms. The van der Waals surface area contributed by atoms with E-state index in [1.165, 1.54) is 0 Å². The van der Waals surface area contributed by atoms with Crippen LogP contribution in [-0.2, 0) is 0 Å². The topological polar surface area (TPSA) is 23.5 Å². The van der Waals surface area contributed by atoms with Gasteiger partial charge < -0.3 is 5.11 Å². The van der Waals surface area contributed by atoms with Crippen LogP contribution in [0.4, 0.5) is 0 Å². The second kappa shape index (κ2) is 6.65. The van der Waals surface area contributed by atoms with E-state index in [0.29, 0.717) is 10.0 Å². The number of rotatable bonds is 5. The summed E-state index contributed by atoms with van der Waals surface area (Å²) in [5.41, 5.74) is 0.561. The summed E-state index contributed by atoms with van der Waals surface area (Å²) in [7, 11) is 0. The molecule has 0 radical (unpaired) electrons. The smallest absolute Gasteiger partial charge is 0.0988 e. The predicted molar refractivity (Wildman–Crippen MR) is 85.5 cm³/mol. The molecule has 1 fully saturated rings. The molecule has 1 aromatic carbocycles. The fraction of sp³-hybridized carbons (Fsp3) is 0.625. The highest BCUT2D eigenvalue weighted by Crippen LogP contribution is 2.46. The number of aliphatic hydroxyl groups is 1. The Morgan fingerprint density at radius 1 is 1.20 bits per heavy atom. The van der Waals surface area contributed by atoms with Gasteiger partial charge in [-0.25, -0.2) is 0 Å². The number of benzene rings is 1. The van der Waals surface area contributed by atoms with E-state index in [-0.39, 0.29) is 5.54 Å². The molecule has 0 aromatic heterocycles. The Morgan fingerprint density at radius 2 is 1.80 bits per heavy atom. The van der Waals surface area contributed by atoms with Crippen molar-refractivity contribution in [1.82, 2.24) is 4.90 Å². The van der Waals surface area contributed by atoms with Crippen molar-refractivity contribution < 1.29 is 5.11 Å². The number of aliphatic hydroxyl groups excluding tert-OH is 1. The highest BCUT2D eigenvalue weighted by Gasteiger charge is 2.45. The minimum absolute atomic E-state index is 0.197. The summed E-state index contributed by atoms with van der Waals surface area (Å²) in [6, 6.07) is 5.34. The Hall–Kier alpha value is -0.280. The van der Waals surface area contributed by atoms with Gasteiger partial charge >= 0.3 is 0 Å². The van der Waals surface area contributed by atoms with E-state index < -0.39 is 6.10 Å². The Balaban J connectivity index is 2.41. The first-order chi connectivity index (χ1) is 9.55. The van der Waals surface area contributed by atoms with E-state index in [9.17, 15) is 5.11 Å².